The summed E-state index contributed by atoms with van der Waals surface area (Å²) in [7, 11) is 0. The van der Waals surface area contributed by atoms with Gasteiger partial charge in [-0.25, -0.2) is 4.98 Å². The molecule has 18 heavy (non-hydrogen) atoms. The first-order chi connectivity index (χ1) is 8.76. The van der Waals surface area contributed by atoms with Crippen LogP contribution in [0.5, 0.6) is 0 Å². The SMILES string of the molecule is CCCNC1(c2nc3c(s2)CCC3)CCOC1C. The Labute approximate surface area is 113 Å². The van der Waals surface area contributed by atoms with E-state index in [0.717, 1.165) is 26.0 Å². The summed E-state index contributed by atoms with van der Waals surface area (Å²) >= 11 is 1.92. The maximum Gasteiger partial charge on any atom is 0.116 e. The van der Waals surface area contributed by atoms with Crippen LogP contribution < -0.4 is 5.32 Å². The maximum absolute atomic E-state index is 5.83. The molecule has 3 rings (SSSR count). The molecule has 0 bridgehead atoms. The Bertz CT molecular complexity index is 410. The number of rotatable bonds is 4. The van der Waals surface area contributed by atoms with Crippen molar-refractivity contribution in [3.05, 3.63) is 15.6 Å². The predicted octanol–water partition coefficient (Wildman–Crippen LogP) is 2.64. The van der Waals surface area contributed by atoms with Gasteiger partial charge in [-0.1, -0.05) is 6.92 Å². The van der Waals surface area contributed by atoms with Gasteiger partial charge in [0.2, 0.25) is 0 Å². The van der Waals surface area contributed by atoms with Gasteiger partial charge in [-0.05, 0) is 45.6 Å². The molecule has 1 aliphatic carbocycles. The van der Waals surface area contributed by atoms with Crippen molar-refractivity contribution in [3.8, 4) is 0 Å². The van der Waals surface area contributed by atoms with E-state index < -0.39 is 0 Å². The number of fused-ring (bicyclic) bond motifs is 1. The number of hydrogen-bond donors (Lipinski definition) is 1. The third-order valence-corrected chi connectivity index (χ3v) is 5.56. The molecule has 2 aliphatic rings. The standard InChI is InChI=1S/C14H22N2OS/c1-3-8-15-14(7-9-17-10(14)2)13-16-11-5-4-6-12(11)18-13/h10,15H,3-9H2,1-2H3. The number of aromatic nitrogens is 1. The summed E-state index contributed by atoms with van der Waals surface area (Å²) in [5.74, 6) is 0. The fourth-order valence-corrected chi connectivity index (χ4v) is 4.48. The molecule has 3 nitrogen and oxygen atoms in total. The van der Waals surface area contributed by atoms with Gasteiger partial charge in [0.1, 0.15) is 5.01 Å². The van der Waals surface area contributed by atoms with Gasteiger partial charge in [0.15, 0.2) is 0 Å². The van der Waals surface area contributed by atoms with Crippen molar-refractivity contribution in [1.29, 1.82) is 0 Å². The number of hydrogen-bond acceptors (Lipinski definition) is 4. The Morgan fingerprint density at radius 3 is 3.06 bits per heavy atom. The van der Waals surface area contributed by atoms with Crippen LogP contribution in [0.25, 0.3) is 0 Å². The number of nitrogens with one attached hydrogen (secondary N) is 1. The summed E-state index contributed by atoms with van der Waals surface area (Å²) in [6, 6.07) is 0. The second kappa shape index (κ2) is 4.91. The molecular formula is C14H22N2OS. The summed E-state index contributed by atoms with van der Waals surface area (Å²) in [5.41, 5.74) is 1.33. The van der Waals surface area contributed by atoms with Gasteiger partial charge in [-0.2, -0.15) is 0 Å². The Balaban J connectivity index is 1.92. The van der Waals surface area contributed by atoms with E-state index >= 15 is 0 Å². The Kier molecular flexibility index (Phi) is 3.43. The van der Waals surface area contributed by atoms with Crippen LogP contribution in [-0.2, 0) is 23.1 Å². The van der Waals surface area contributed by atoms with Gasteiger partial charge in [0.25, 0.3) is 0 Å². The Hall–Kier alpha value is -0.450. The van der Waals surface area contributed by atoms with Crippen LogP contribution in [-0.4, -0.2) is 24.2 Å². The maximum atomic E-state index is 5.83. The average Bonchev–Trinajstić information content (AvgIpc) is 3.00. The van der Waals surface area contributed by atoms with Gasteiger partial charge in [0.05, 0.1) is 17.3 Å². The Morgan fingerprint density at radius 2 is 2.39 bits per heavy atom. The minimum Gasteiger partial charge on any atom is -0.376 e. The van der Waals surface area contributed by atoms with Crippen molar-refractivity contribution < 1.29 is 4.74 Å². The van der Waals surface area contributed by atoms with Gasteiger partial charge in [-0.3, -0.25) is 0 Å². The van der Waals surface area contributed by atoms with Crippen LogP contribution in [0, 0.1) is 0 Å². The molecule has 1 saturated heterocycles. The lowest BCUT2D eigenvalue weighted by molar-refractivity contribution is 0.0819. The van der Waals surface area contributed by atoms with Crippen LogP contribution >= 0.6 is 11.3 Å². The van der Waals surface area contributed by atoms with Crippen LogP contribution in [0.2, 0.25) is 0 Å². The van der Waals surface area contributed by atoms with E-state index in [0.29, 0.717) is 0 Å². The second-order valence-corrected chi connectivity index (χ2v) is 6.49. The third-order valence-electron chi connectivity index (χ3n) is 4.23. The highest BCUT2D eigenvalue weighted by Gasteiger charge is 2.45. The smallest absolute Gasteiger partial charge is 0.116 e. The molecule has 0 radical (unpaired) electrons. The van der Waals surface area contributed by atoms with E-state index in [4.69, 9.17) is 9.72 Å². The molecule has 0 spiro atoms. The zero-order valence-corrected chi connectivity index (χ0v) is 12.1. The zero-order valence-electron chi connectivity index (χ0n) is 11.3. The van der Waals surface area contributed by atoms with Gasteiger partial charge < -0.3 is 10.1 Å². The summed E-state index contributed by atoms with van der Waals surface area (Å²) in [4.78, 5) is 6.44. The van der Waals surface area contributed by atoms with Crippen molar-refractivity contribution >= 4 is 11.3 Å². The number of ether oxygens (including phenoxy) is 1. The van der Waals surface area contributed by atoms with Crippen molar-refractivity contribution in [2.75, 3.05) is 13.2 Å². The van der Waals surface area contributed by atoms with Crippen LogP contribution in [0.3, 0.4) is 0 Å². The van der Waals surface area contributed by atoms with E-state index in [9.17, 15) is 0 Å². The van der Waals surface area contributed by atoms with Gasteiger partial charge in [0, 0.05) is 11.5 Å². The molecule has 2 atom stereocenters. The minimum atomic E-state index is -0.0228. The van der Waals surface area contributed by atoms with Gasteiger partial charge >= 0.3 is 0 Å². The van der Waals surface area contributed by atoms with Crippen molar-refractivity contribution in [1.82, 2.24) is 10.3 Å². The van der Waals surface area contributed by atoms with Crippen LogP contribution in [0.1, 0.15) is 48.7 Å². The van der Waals surface area contributed by atoms with E-state index in [1.807, 2.05) is 11.3 Å². The van der Waals surface area contributed by atoms with Crippen LogP contribution in [0.4, 0.5) is 0 Å². The van der Waals surface area contributed by atoms with Crippen molar-refractivity contribution in [3.63, 3.8) is 0 Å². The largest absolute Gasteiger partial charge is 0.376 e. The first-order valence-corrected chi connectivity index (χ1v) is 7.93. The minimum absolute atomic E-state index is 0.0228. The van der Waals surface area contributed by atoms with Crippen molar-refractivity contribution in [2.45, 2.75) is 57.6 Å². The molecule has 4 heteroatoms. The lowest BCUT2D eigenvalue weighted by Gasteiger charge is -2.31. The summed E-state index contributed by atoms with van der Waals surface area (Å²) < 4.78 is 5.83. The monoisotopic (exact) mass is 266 g/mol. The molecule has 0 aromatic carbocycles. The molecule has 0 saturated carbocycles. The highest BCUT2D eigenvalue weighted by atomic mass is 32.1. The third kappa shape index (κ3) is 1.91. The summed E-state index contributed by atoms with van der Waals surface area (Å²) in [5, 5.41) is 4.99. The molecule has 100 valence electrons. The van der Waals surface area contributed by atoms with Gasteiger partial charge in [-0.15, -0.1) is 11.3 Å². The molecule has 1 N–H and O–H groups in total. The van der Waals surface area contributed by atoms with E-state index in [-0.39, 0.29) is 11.6 Å². The Morgan fingerprint density at radius 1 is 1.50 bits per heavy atom. The number of nitrogens with zero attached hydrogens (tertiary/aromatic N) is 1. The topological polar surface area (TPSA) is 34.2 Å². The average molecular weight is 266 g/mol. The molecule has 1 aromatic rings. The lowest BCUT2D eigenvalue weighted by atomic mass is 9.92. The highest BCUT2D eigenvalue weighted by Crippen LogP contribution is 2.40. The fourth-order valence-electron chi connectivity index (χ4n) is 3.06. The molecular weight excluding hydrogens is 244 g/mol. The molecule has 2 heterocycles. The number of thiazole rings is 1. The molecule has 0 amide bonds. The fraction of sp³-hybridized carbons (Fsp3) is 0.786. The first kappa shape index (κ1) is 12.6. The van der Waals surface area contributed by atoms with E-state index in [1.54, 1.807) is 0 Å². The molecule has 1 fully saturated rings. The highest BCUT2D eigenvalue weighted by molar-refractivity contribution is 7.12. The van der Waals surface area contributed by atoms with Crippen LogP contribution in [0.15, 0.2) is 0 Å². The normalized spacial score (nSPS) is 30.9. The summed E-state index contributed by atoms with van der Waals surface area (Å²) in [6.45, 7) is 6.28. The quantitative estimate of drug-likeness (QED) is 0.909. The second-order valence-electron chi connectivity index (χ2n) is 5.40. The molecule has 1 aromatic heterocycles. The van der Waals surface area contributed by atoms with E-state index in [2.05, 4.69) is 19.2 Å². The molecule has 2 unspecified atom stereocenters. The predicted molar refractivity (Wildman–Crippen MR) is 74.1 cm³/mol. The van der Waals surface area contributed by atoms with Crippen molar-refractivity contribution in [2.24, 2.45) is 0 Å². The molecule has 1 aliphatic heterocycles. The summed E-state index contributed by atoms with van der Waals surface area (Å²) in [6.07, 6.45) is 6.13. The van der Waals surface area contributed by atoms with E-state index in [1.165, 1.54) is 34.8 Å². The lowest BCUT2D eigenvalue weighted by Crippen LogP contribution is -2.48. The number of aryl methyl sites for hydroxylation is 2. The first-order valence-electron chi connectivity index (χ1n) is 7.12. The zero-order chi connectivity index (χ0) is 12.6.